The number of hydrogen-bond acceptors (Lipinski definition) is 3. The molecule has 1 saturated carbocycles. The van der Waals surface area contributed by atoms with Crippen LogP contribution in [-0.4, -0.2) is 49.6 Å². The molecule has 4 atom stereocenters. The summed E-state index contributed by atoms with van der Waals surface area (Å²) in [6.45, 7) is 4.13. The molecule has 2 fully saturated rings. The second-order valence-corrected chi connectivity index (χ2v) is 6.97. The number of nitrogens with zero attached hydrogens (tertiary/aromatic N) is 1. The molecular weight excluding hydrogens is 304 g/mol. The van der Waals surface area contributed by atoms with Crippen molar-refractivity contribution >= 4 is 11.8 Å². The molecule has 0 aromatic heterocycles. The van der Waals surface area contributed by atoms with Crippen LogP contribution in [0.4, 0.5) is 0 Å². The first kappa shape index (κ1) is 17.0. The Morgan fingerprint density at radius 2 is 2.08 bits per heavy atom. The molecule has 1 N–H and O–H groups in total. The standard InChI is InChI=1S/C19H26N2O3/c1-13-10-17-15(11-18(22)21(17)8-9-24-2)16(13)12-20-19(23)14-6-4-3-5-7-14/h3-7,13,15-17H,8-12H2,1-2H3,(H,20,23)/t13-,15-,16+,17+/m0/s1. The number of methoxy groups -OCH3 is 1. The van der Waals surface area contributed by atoms with E-state index in [-0.39, 0.29) is 11.8 Å². The zero-order valence-electron chi connectivity index (χ0n) is 14.4. The lowest BCUT2D eigenvalue weighted by molar-refractivity contribution is -0.129. The van der Waals surface area contributed by atoms with Crippen molar-refractivity contribution in [1.82, 2.24) is 10.2 Å². The lowest BCUT2D eigenvalue weighted by Gasteiger charge is -2.24. The summed E-state index contributed by atoms with van der Waals surface area (Å²) in [5, 5.41) is 3.06. The maximum absolute atomic E-state index is 12.3. The van der Waals surface area contributed by atoms with E-state index in [1.165, 1.54) is 0 Å². The topological polar surface area (TPSA) is 58.6 Å². The minimum Gasteiger partial charge on any atom is -0.383 e. The molecule has 1 heterocycles. The van der Waals surface area contributed by atoms with E-state index in [1.54, 1.807) is 7.11 Å². The molecule has 0 bridgehead atoms. The van der Waals surface area contributed by atoms with Gasteiger partial charge >= 0.3 is 0 Å². The van der Waals surface area contributed by atoms with Gasteiger partial charge in [0.15, 0.2) is 0 Å². The molecule has 0 radical (unpaired) electrons. The van der Waals surface area contributed by atoms with Crippen molar-refractivity contribution in [2.24, 2.45) is 17.8 Å². The molecule has 0 unspecified atom stereocenters. The second kappa shape index (κ2) is 7.34. The van der Waals surface area contributed by atoms with Crippen molar-refractivity contribution in [2.75, 3.05) is 26.8 Å². The van der Waals surface area contributed by atoms with E-state index in [1.807, 2.05) is 35.2 Å². The van der Waals surface area contributed by atoms with E-state index in [4.69, 9.17) is 4.74 Å². The first-order valence-electron chi connectivity index (χ1n) is 8.73. The minimum absolute atomic E-state index is 0.0354. The highest BCUT2D eigenvalue weighted by Gasteiger charge is 2.50. The van der Waals surface area contributed by atoms with Gasteiger partial charge in [-0.3, -0.25) is 9.59 Å². The Kier molecular flexibility index (Phi) is 5.19. The maximum atomic E-state index is 12.3. The van der Waals surface area contributed by atoms with Crippen LogP contribution in [0, 0.1) is 17.8 Å². The van der Waals surface area contributed by atoms with Gasteiger partial charge in [0.05, 0.1) is 6.61 Å². The quantitative estimate of drug-likeness (QED) is 0.867. The second-order valence-electron chi connectivity index (χ2n) is 6.97. The largest absolute Gasteiger partial charge is 0.383 e. The van der Waals surface area contributed by atoms with Crippen LogP contribution in [0.3, 0.4) is 0 Å². The zero-order valence-corrected chi connectivity index (χ0v) is 14.4. The number of benzene rings is 1. The number of amides is 2. The van der Waals surface area contributed by atoms with E-state index in [0.29, 0.717) is 55.5 Å². The number of likely N-dealkylation sites (tertiary alicyclic amines) is 1. The zero-order chi connectivity index (χ0) is 17.1. The van der Waals surface area contributed by atoms with Gasteiger partial charge in [-0.2, -0.15) is 0 Å². The maximum Gasteiger partial charge on any atom is 0.251 e. The lowest BCUT2D eigenvalue weighted by atomic mass is 9.88. The highest BCUT2D eigenvalue weighted by Crippen LogP contribution is 2.45. The SMILES string of the molecule is COCCN1C(=O)C[C@H]2[C@H](CNC(=O)c3ccccc3)[C@@H](C)C[C@H]21. The number of carbonyl (C=O) groups is 2. The Morgan fingerprint density at radius 1 is 1.33 bits per heavy atom. The molecule has 2 aliphatic rings. The summed E-state index contributed by atoms with van der Waals surface area (Å²) in [7, 11) is 1.66. The van der Waals surface area contributed by atoms with Crippen molar-refractivity contribution < 1.29 is 14.3 Å². The Bertz CT molecular complexity index is 590. The molecule has 1 aromatic rings. The highest BCUT2D eigenvalue weighted by atomic mass is 16.5. The van der Waals surface area contributed by atoms with Gasteiger partial charge in [0.1, 0.15) is 0 Å². The summed E-state index contributed by atoms with van der Waals surface area (Å²) in [6, 6.07) is 9.59. The van der Waals surface area contributed by atoms with Crippen LogP contribution in [-0.2, 0) is 9.53 Å². The molecule has 1 saturated heterocycles. The number of nitrogens with one attached hydrogen (secondary N) is 1. The van der Waals surface area contributed by atoms with Crippen LogP contribution >= 0.6 is 0 Å². The summed E-state index contributed by atoms with van der Waals surface area (Å²) in [4.78, 5) is 26.5. The van der Waals surface area contributed by atoms with Crippen molar-refractivity contribution in [3.8, 4) is 0 Å². The number of hydrogen-bond donors (Lipinski definition) is 1. The van der Waals surface area contributed by atoms with Gasteiger partial charge in [-0.1, -0.05) is 25.1 Å². The van der Waals surface area contributed by atoms with Gasteiger partial charge in [0.2, 0.25) is 5.91 Å². The van der Waals surface area contributed by atoms with Crippen LogP contribution in [0.15, 0.2) is 30.3 Å². The molecule has 0 spiro atoms. The third-order valence-electron chi connectivity index (χ3n) is 5.59. The van der Waals surface area contributed by atoms with Crippen molar-refractivity contribution in [2.45, 2.75) is 25.8 Å². The third-order valence-corrected chi connectivity index (χ3v) is 5.59. The summed E-state index contributed by atoms with van der Waals surface area (Å²) >= 11 is 0. The molecular formula is C19H26N2O3. The van der Waals surface area contributed by atoms with E-state index in [0.717, 1.165) is 6.42 Å². The Hall–Kier alpha value is -1.88. The van der Waals surface area contributed by atoms with E-state index in [2.05, 4.69) is 12.2 Å². The normalized spacial score (nSPS) is 28.9. The number of fused-ring (bicyclic) bond motifs is 1. The number of rotatable bonds is 6. The monoisotopic (exact) mass is 330 g/mol. The number of ether oxygens (including phenoxy) is 1. The summed E-state index contributed by atoms with van der Waals surface area (Å²) in [6.07, 6.45) is 1.62. The molecule has 2 amide bonds. The molecule has 5 heteroatoms. The molecule has 1 aliphatic carbocycles. The highest BCUT2D eigenvalue weighted by molar-refractivity contribution is 5.94. The summed E-state index contributed by atoms with van der Waals surface area (Å²) < 4.78 is 5.13. The van der Waals surface area contributed by atoms with Crippen molar-refractivity contribution in [3.63, 3.8) is 0 Å². The lowest BCUT2D eigenvalue weighted by Crippen LogP contribution is -2.36. The van der Waals surface area contributed by atoms with E-state index in [9.17, 15) is 9.59 Å². The predicted molar refractivity (Wildman–Crippen MR) is 91.5 cm³/mol. The van der Waals surface area contributed by atoms with Gasteiger partial charge < -0.3 is 15.0 Å². The van der Waals surface area contributed by atoms with Crippen molar-refractivity contribution in [3.05, 3.63) is 35.9 Å². The van der Waals surface area contributed by atoms with Gasteiger partial charge in [-0.25, -0.2) is 0 Å². The third kappa shape index (κ3) is 3.31. The van der Waals surface area contributed by atoms with Gasteiger partial charge in [0.25, 0.3) is 5.91 Å². The van der Waals surface area contributed by atoms with Gasteiger partial charge in [-0.05, 0) is 36.3 Å². The molecule has 1 aliphatic heterocycles. The molecule has 24 heavy (non-hydrogen) atoms. The molecule has 5 nitrogen and oxygen atoms in total. The minimum atomic E-state index is -0.0354. The predicted octanol–water partition coefficient (Wildman–Crippen LogP) is 1.94. The average molecular weight is 330 g/mol. The average Bonchev–Trinajstić information content (AvgIpc) is 3.05. The summed E-state index contributed by atoms with van der Waals surface area (Å²) in [5.41, 5.74) is 0.684. The smallest absolute Gasteiger partial charge is 0.251 e. The van der Waals surface area contributed by atoms with Crippen LogP contribution in [0.2, 0.25) is 0 Å². The molecule has 130 valence electrons. The van der Waals surface area contributed by atoms with Crippen molar-refractivity contribution in [1.29, 1.82) is 0 Å². The first-order chi connectivity index (χ1) is 11.6. The van der Waals surface area contributed by atoms with Crippen LogP contribution in [0.1, 0.15) is 30.1 Å². The van der Waals surface area contributed by atoms with Gasteiger partial charge in [-0.15, -0.1) is 0 Å². The van der Waals surface area contributed by atoms with Crippen LogP contribution in [0.25, 0.3) is 0 Å². The van der Waals surface area contributed by atoms with Crippen LogP contribution in [0.5, 0.6) is 0 Å². The Labute approximate surface area is 143 Å². The first-order valence-corrected chi connectivity index (χ1v) is 8.73. The fourth-order valence-electron chi connectivity index (χ4n) is 4.32. The number of carbonyl (C=O) groups excluding carboxylic acids is 2. The van der Waals surface area contributed by atoms with E-state index < -0.39 is 0 Å². The fraction of sp³-hybridized carbons (Fsp3) is 0.579. The van der Waals surface area contributed by atoms with Gasteiger partial charge in [0, 0.05) is 38.2 Å². The summed E-state index contributed by atoms with van der Waals surface area (Å²) in [5.74, 6) is 1.41. The van der Waals surface area contributed by atoms with E-state index >= 15 is 0 Å². The molecule has 1 aromatic carbocycles. The Morgan fingerprint density at radius 3 is 2.79 bits per heavy atom. The molecule has 3 rings (SSSR count). The van der Waals surface area contributed by atoms with Crippen LogP contribution < -0.4 is 5.32 Å². The fourth-order valence-corrected chi connectivity index (χ4v) is 4.32. The Balaban J connectivity index is 1.61.